The van der Waals surface area contributed by atoms with Crippen LogP contribution in [0.2, 0.25) is 0 Å². The lowest BCUT2D eigenvalue weighted by Crippen LogP contribution is -1.96. The van der Waals surface area contributed by atoms with Crippen LogP contribution in [0.3, 0.4) is 0 Å². The number of nitrogens with two attached hydrogens (primary N) is 2. The van der Waals surface area contributed by atoms with Gasteiger partial charge in [0.2, 0.25) is 0 Å². The van der Waals surface area contributed by atoms with E-state index >= 15 is 0 Å². The molecule has 0 saturated carbocycles. The summed E-state index contributed by atoms with van der Waals surface area (Å²) < 4.78 is 0. The number of unbranched alkanes of at least 4 members (excludes halogenated alkanes) is 7. The summed E-state index contributed by atoms with van der Waals surface area (Å²) in [5.41, 5.74) is 14.8. The fourth-order valence-corrected chi connectivity index (χ4v) is 3.03. The number of aryl methyl sites for hydroxylation is 1. The maximum atomic E-state index is 6.10. The summed E-state index contributed by atoms with van der Waals surface area (Å²) in [4.78, 5) is 0. The minimum Gasteiger partial charge on any atom is -0.397 e. The zero-order valence-corrected chi connectivity index (χ0v) is 13.9. The minimum atomic E-state index is 0.678. The van der Waals surface area contributed by atoms with Gasteiger partial charge in [0.1, 0.15) is 0 Å². The summed E-state index contributed by atoms with van der Waals surface area (Å²) in [6.45, 7) is 2.27. The Bertz CT molecular complexity index is 590. The molecule has 2 aromatic carbocycles. The van der Waals surface area contributed by atoms with Crippen molar-refractivity contribution in [1.29, 1.82) is 0 Å². The molecule has 2 heteroatoms. The Morgan fingerprint density at radius 2 is 1.41 bits per heavy atom. The number of anilines is 2. The van der Waals surface area contributed by atoms with Gasteiger partial charge in [0.25, 0.3) is 0 Å². The Morgan fingerprint density at radius 3 is 2.14 bits per heavy atom. The number of hydrogen-bond acceptors (Lipinski definition) is 2. The molecule has 0 radical (unpaired) electrons. The highest BCUT2D eigenvalue weighted by molar-refractivity contribution is 5.98. The quantitative estimate of drug-likeness (QED) is 0.461. The normalized spacial score (nSPS) is 11.1. The second-order valence-corrected chi connectivity index (χ2v) is 6.35. The molecule has 4 N–H and O–H groups in total. The van der Waals surface area contributed by atoms with Gasteiger partial charge in [0.05, 0.1) is 11.4 Å². The van der Waals surface area contributed by atoms with Crippen molar-refractivity contribution in [1.82, 2.24) is 0 Å². The van der Waals surface area contributed by atoms with Crippen molar-refractivity contribution in [3.63, 3.8) is 0 Å². The molecule has 0 saturated heterocycles. The van der Waals surface area contributed by atoms with Crippen LogP contribution in [0.1, 0.15) is 63.9 Å². The number of fused-ring (bicyclic) bond motifs is 1. The van der Waals surface area contributed by atoms with Crippen LogP contribution in [-0.2, 0) is 6.42 Å². The van der Waals surface area contributed by atoms with Gasteiger partial charge in [-0.2, -0.15) is 0 Å². The highest BCUT2D eigenvalue weighted by Gasteiger charge is 2.03. The third-order valence-electron chi connectivity index (χ3n) is 4.48. The van der Waals surface area contributed by atoms with Gasteiger partial charge >= 0.3 is 0 Å². The van der Waals surface area contributed by atoms with E-state index in [0.717, 1.165) is 17.5 Å². The van der Waals surface area contributed by atoms with Gasteiger partial charge in [0, 0.05) is 5.39 Å². The number of nitrogen functional groups attached to an aromatic ring is 2. The van der Waals surface area contributed by atoms with Gasteiger partial charge in [-0.15, -0.1) is 0 Å². The van der Waals surface area contributed by atoms with Gasteiger partial charge in [0.15, 0.2) is 0 Å². The van der Waals surface area contributed by atoms with Gasteiger partial charge in [-0.3, -0.25) is 0 Å². The number of hydrogen-bond donors (Lipinski definition) is 2. The molecule has 0 unspecified atom stereocenters. The predicted octanol–water partition coefficient (Wildman–Crippen LogP) is 5.69. The summed E-state index contributed by atoms with van der Waals surface area (Å²) in [5, 5.41) is 2.27. The molecular weight excluding hydrogens is 268 g/mol. The van der Waals surface area contributed by atoms with Crippen molar-refractivity contribution in [2.75, 3.05) is 11.5 Å². The number of rotatable bonds is 9. The molecule has 0 amide bonds. The van der Waals surface area contributed by atoms with E-state index in [1.165, 1.54) is 62.3 Å². The van der Waals surface area contributed by atoms with Crippen molar-refractivity contribution < 1.29 is 0 Å². The van der Waals surface area contributed by atoms with Gasteiger partial charge in [-0.05, 0) is 35.9 Å². The SMILES string of the molecule is CCCCCCCCCCc1ccc2ccc(N)c(N)c2c1. The van der Waals surface area contributed by atoms with Crippen LogP contribution in [0.5, 0.6) is 0 Å². The zero-order valence-electron chi connectivity index (χ0n) is 13.9. The Labute approximate surface area is 134 Å². The van der Waals surface area contributed by atoms with Crippen LogP contribution in [0.25, 0.3) is 10.8 Å². The molecule has 2 nitrogen and oxygen atoms in total. The highest BCUT2D eigenvalue weighted by atomic mass is 14.7. The lowest BCUT2D eigenvalue weighted by Gasteiger charge is -2.08. The Hall–Kier alpha value is -1.70. The molecule has 0 atom stereocenters. The largest absolute Gasteiger partial charge is 0.397 e. The van der Waals surface area contributed by atoms with Crippen molar-refractivity contribution in [2.24, 2.45) is 0 Å². The molecule has 120 valence electrons. The topological polar surface area (TPSA) is 52.0 Å². The van der Waals surface area contributed by atoms with Crippen molar-refractivity contribution in [3.05, 3.63) is 35.9 Å². The molecule has 0 aromatic heterocycles. The van der Waals surface area contributed by atoms with E-state index in [4.69, 9.17) is 11.5 Å². The van der Waals surface area contributed by atoms with Crippen LogP contribution in [-0.4, -0.2) is 0 Å². The molecule has 0 bridgehead atoms. The second kappa shape index (κ2) is 8.67. The summed E-state index contributed by atoms with van der Waals surface area (Å²) >= 11 is 0. The molecule has 0 spiro atoms. The van der Waals surface area contributed by atoms with Crippen LogP contribution in [0.4, 0.5) is 11.4 Å². The maximum Gasteiger partial charge on any atom is 0.0627 e. The minimum absolute atomic E-state index is 0.678. The van der Waals surface area contributed by atoms with E-state index in [2.05, 4.69) is 25.1 Å². The van der Waals surface area contributed by atoms with Gasteiger partial charge in [-0.25, -0.2) is 0 Å². The lowest BCUT2D eigenvalue weighted by molar-refractivity contribution is 0.575. The van der Waals surface area contributed by atoms with E-state index in [0.29, 0.717) is 5.69 Å². The Balaban J connectivity index is 1.79. The third kappa shape index (κ3) is 4.66. The molecule has 2 aromatic rings. The molecule has 0 aliphatic carbocycles. The van der Waals surface area contributed by atoms with Crippen molar-refractivity contribution >= 4 is 22.1 Å². The van der Waals surface area contributed by atoms with Crippen LogP contribution in [0, 0.1) is 0 Å². The average Bonchev–Trinajstić information content (AvgIpc) is 2.54. The van der Waals surface area contributed by atoms with E-state index < -0.39 is 0 Å². The smallest absolute Gasteiger partial charge is 0.0627 e. The first-order valence-corrected chi connectivity index (χ1v) is 8.79. The summed E-state index contributed by atoms with van der Waals surface area (Å²) in [6.07, 6.45) is 12.0. The third-order valence-corrected chi connectivity index (χ3v) is 4.48. The monoisotopic (exact) mass is 298 g/mol. The molecule has 2 rings (SSSR count). The van der Waals surface area contributed by atoms with E-state index in [9.17, 15) is 0 Å². The van der Waals surface area contributed by atoms with Crippen LogP contribution in [0.15, 0.2) is 30.3 Å². The average molecular weight is 298 g/mol. The van der Waals surface area contributed by atoms with Crippen LogP contribution >= 0.6 is 0 Å². The summed E-state index contributed by atoms with van der Waals surface area (Å²) in [7, 11) is 0. The fourth-order valence-electron chi connectivity index (χ4n) is 3.03. The van der Waals surface area contributed by atoms with Crippen molar-refractivity contribution in [2.45, 2.75) is 64.7 Å². The zero-order chi connectivity index (χ0) is 15.8. The second-order valence-electron chi connectivity index (χ2n) is 6.35. The first-order chi connectivity index (χ1) is 10.7. The fraction of sp³-hybridized carbons (Fsp3) is 0.500. The van der Waals surface area contributed by atoms with E-state index in [-0.39, 0.29) is 0 Å². The maximum absolute atomic E-state index is 6.10. The highest BCUT2D eigenvalue weighted by Crippen LogP contribution is 2.28. The molecule has 0 heterocycles. The first kappa shape index (κ1) is 16.7. The van der Waals surface area contributed by atoms with E-state index in [1.54, 1.807) is 0 Å². The Kier molecular flexibility index (Phi) is 6.57. The van der Waals surface area contributed by atoms with Crippen LogP contribution < -0.4 is 11.5 Å². The van der Waals surface area contributed by atoms with Crippen molar-refractivity contribution in [3.8, 4) is 0 Å². The summed E-state index contributed by atoms with van der Waals surface area (Å²) in [5.74, 6) is 0. The molecule has 22 heavy (non-hydrogen) atoms. The Morgan fingerprint density at radius 1 is 0.773 bits per heavy atom. The predicted molar refractivity (Wildman–Crippen MR) is 99.1 cm³/mol. The molecule has 0 aliphatic heterocycles. The first-order valence-electron chi connectivity index (χ1n) is 8.79. The molecular formula is C20H30N2. The molecule has 0 fully saturated rings. The van der Waals surface area contributed by atoms with E-state index in [1.807, 2.05) is 12.1 Å². The molecule has 0 aliphatic rings. The van der Waals surface area contributed by atoms with Gasteiger partial charge in [-0.1, -0.05) is 70.1 Å². The lowest BCUT2D eigenvalue weighted by atomic mass is 10.00. The summed E-state index contributed by atoms with van der Waals surface area (Å²) in [6, 6.07) is 10.5. The standard InChI is InChI=1S/C20H30N2/c1-2-3-4-5-6-7-8-9-10-16-11-12-17-13-14-19(21)20(22)18(17)15-16/h11-15H,2-10,21-22H2,1H3. The van der Waals surface area contributed by atoms with Gasteiger partial charge < -0.3 is 11.5 Å². The number of benzene rings is 2.